The average Bonchev–Trinajstić information content (AvgIpc) is 2.98. The van der Waals surface area contributed by atoms with Crippen LogP contribution < -0.4 is 5.32 Å². The zero-order valence-electron chi connectivity index (χ0n) is 12.2. The second kappa shape index (κ2) is 7.82. The number of nitrogens with one attached hydrogen (secondary N) is 1. The van der Waals surface area contributed by atoms with Crippen LogP contribution in [0.4, 0.5) is 0 Å². The average molecular weight is 273 g/mol. The van der Waals surface area contributed by atoms with Gasteiger partial charge in [0.1, 0.15) is 0 Å². The first-order valence-electron chi connectivity index (χ1n) is 7.10. The molecule has 1 aromatic carbocycles. The second-order valence-electron chi connectivity index (χ2n) is 4.97. The Bertz CT molecular complexity index is 495. The summed E-state index contributed by atoms with van der Waals surface area (Å²) in [5, 5.41) is 7.89. The maximum atomic E-state index is 5.03. The third-order valence-corrected chi connectivity index (χ3v) is 3.30. The van der Waals surface area contributed by atoms with Gasteiger partial charge >= 0.3 is 0 Å². The summed E-state index contributed by atoms with van der Waals surface area (Å²) in [7, 11) is 1.73. The van der Waals surface area contributed by atoms with Crippen LogP contribution in [-0.4, -0.2) is 36.6 Å². The summed E-state index contributed by atoms with van der Waals surface area (Å²) in [6, 6.07) is 10.7. The van der Waals surface area contributed by atoms with Gasteiger partial charge in [-0.25, -0.2) is 0 Å². The first-order valence-corrected chi connectivity index (χ1v) is 7.10. The number of nitrogens with zero attached hydrogens (tertiary/aromatic N) is 2. The molecule has 0 saturated carbocycles. The third kappa shape index (κ3) is 4.18. The van der Waals surface area contributed by atoms with Crippen molar-refractivity contribution < 1.29 is 4.74 Å². The number of ether oxygens (including phenoxy) is 1. The molecule has 0 aliphatic heterocycles. The smallest absolute Gasteiger partial charge is 0.0615 e. The van der Waals surface area contributed by atoms with Gasteiger partial charge in [0.2, 0.25) is 0 Å². The molecular formula is C16H23N3O. The Hall–Kier alpha value is -1.65. The van der Waals surface area contributed by atoms with Crippen molar-refractivity contribution in [2.24, 2.45) is 0 Å². The van der Waals surface area contributed by atoms with E-state index in [1.54, 1.807) is 7.11 Å². The fourth-order valence-corrected chi connectivity index (χ4v) is 2.10. The lowest BCUT2D eigenvalue weighted by Gasteiger charge is -2.13. The molecule has 0 spiro atoms. The monoisotopic (exact) mass is 273 g/mol. The third-order valence-electron chi connectivity index (χ3n) is 3.30. The Morgan fingerprint density at radius 1 is 1.25 bits per heavy atom. The zero-order chi connectivity index (χ0) is 14.2. The Kier molecular flexibility index (Phi) is 5.77. The van der Waals surface area contributed by atoms with E-state index in [1.165, 1.54) is 5.56 Å². The molecule has 1 unspecified atom stereocenters. The summed E-state index contributed by atoms with van der Waals surface area (Å²) < 4.78 is 7.05. The topological polar surface area (TPSA) is 39.1 Å². The lowest BCUT2D eigenvalue weighted by molar-refractivity contribution is 0.194. The lowest BCUT2D eigenvalue weighted by Crippen LogP contribution is -2.25. The van der Waals surface area contributed by atoms with E-state index in [9.17, 15) is 0 Å². The van der Waals surface area contributed by atoms with Gasteiger partial charge in [0, 0.05) is 32.0 Å². The summed E-state index contributed by atoms with van der Waals surface area (Å²) in [5.41, 5.74) is 2.37. The number of aromatic nitrogens is 2. The molecule has 1 atom stereocenters. The van der Waals surface area contributed by atoms with E-state index in [-0.39, 0.29) is 0 Å². The van der Waals surface area contributed by atoms with Crippen LogP contribution in [0.1, 0.15) is 19.4 Å². The number of benzene rings is 1. The molecule has 2 aromatic rings. The Morgan fingerprint density at radius 3 is 2.80 bits per heavy atom. The van der Waals surface area contributed by atoms with Gasteiger partial charge in [-0.2, -0.15) is 5.10 Å². The standard InChI is InChI=1S/C16H23N3O/c1-14(11-17-9-6-10-20-2)19-13-16(12-18-19)15-7-4-3-5-8-15/h3-5,7-8,12-14,17H,6,9-11H2,1-2H3. The minimum atomic E-state index is 0.343. The molecule has 20 heavy (non-hydrogen) atoms. The van der Waals surface area contributed by atoms with Gasteiger partial charge in [0.05, 0.1) is 12.2 Å². The number of hydrogen-bond donors (Lipinski definition) is 1. The number of rotatable bonds is 8. The molecule has 2 rings (SSSR count). The predicted octanol–water partition coefficient (Wildman–Crippen LogP) is 2.74. The van der Waals surface area contributed by atoms with Crippen LogP contribution in [0.3, 0.4) is 0 Å². The van der Waals surface area contributed by atoms with Gasteiger partial charge in [-0.3, -0.25) is 4.68 Å². The first kappa shape index (κ1) is 14.8. The van der Waals surface area contributed by atoms with Crippen molar-refractivity contribution in [3.63, 3.8) is 0 Å². The van der Waals surface area contributed by atoms with Crippen molar-refractivity contribution in [1.82, 2.24) is 15.1 Å². The lowest BCUT2D eigenvalue weighted by atomic mass is 10.1. The highest BCUT2D eigenvalue weighted by Crippen LogP contribution is 2.19. The molecular weight excluding hydrogens is 250 g/mol. The number of methoxy groups -OCH3 is 1. The fourth-order valence-electron chi connectivity index (χ4n) is 2.10. The fraction of sp³-hybridized carbons (Fsp3) is 0.438. The molecule has 108 valence electrons. The van der Waals surface area contributed by atoms with E-state index in [1.807, 2.05) is 29.1 Å². The van der Waals surface area contributed by atoms with Crippen molar-refractivity contribution in [2.75, 3.05) is 26.8 Å². The molecule has 0 amide bonds. The normalized spacial score (nSPS) is 12.5. The van der Waals surface area contributed by atoms with E-state index in [0.717, 1.165) is 31.7 Å². The van der Waals surface area contributed by atoms with Gasteiger partial charge in [-0.1, -0.05) is 30.3 Å². The van der Waals surface area contributed by atoms with Crippen molar-refractivity contribution in [1.29, 1.82) is 0 Å². The van der Waals surface area contributed by atoms with Crippen LogP contribution in [0.25, 0.3) is 11.1 Å². The molecule has 1 heterocycles. The Labute approximate surface area is 120 Å². The van der Waals surface area contributed by atoms with Crippen LogP contribution in [-0.2, 0) is 4.74 Å². The van der Waals surface area contributed by atoms with Crippen molar-refractivity contribution in [3.8, 4) is 11.1 Å². The van der Waals surface area contributed by atoms with E-state index < -0.39 is 0 Å². The van der Waals surface area contributed by atoms with Gasteiger partial charge in [0.15, 0.2) is 0 Å². The summed E-state index contributed by atoms with van der Waals surface area (Å²) in [5.74, 6) is 0. The van der Waals surface area contributed by atoms with Crippen molar-refractivity contribution >= 4 is 0 Å². The summed E-state index contributed by atoms with van der Waals surface area (Å²) in [6.45, 7) is 4.87. The molecule has 4 nitrogen and oxygen atoms in total. The van der Waals surface area contributed by atoms with E-state index >= 15 is 0 Å². The minimum absolute atomic E-state index is 0.343. The maximum Gasteiger partial charge on any atom is 0.0615 e. The molecule has 0 saturated heterocycles. The van der Waals surface area contributed by atoms with Crippen LogP contribution in [0.5, 0.6) is 0 Å². The van der Waals surface area contributed by atoms with Crippen molar-refractivity contribution in [3.05, 3.63) is 42.7 Å². The SMILES string of the molecule is COCCCNCC(C)n1cc(-c2ccccc2)cn1. The quantitative estimate of drug-likeness (QED) is 0.752. The van der Waals surface area contributed by atoms with Crippen molar-refractivity contribution in [2.45, 2.75) is 19.4 Å². The molecule has 1 aromatic heterocycles. The Morgan fingerprint density at radius 2 is 2.05 bits per heavy atom. The van der Waals surface area contributed by atoms with Crippen LogP contribution in [0, 0.1) is 0 Å². The van der Waals surface area contributed by atoms with Gasteiger partial charge in [-0.15, -0.1) is 0 Å². The summed E-state index contributed by atoms with van der Waals surface area (Å²) >= 11 is 0. The molecule has 0 fully saturated rings. The molecule has 0 aliphatic carbocycles. The largest absolute Gasteiger partial charge is 0.385 e. The molecule has 4 heteroatoms. The van der Waals surface area contributed by atoms with E-state index in [2.05, 4.69) is 35.7 Å². The Balaban J connectivity index is 1.85. The summed E-state index contributed by atoms with van der Waals surface area (Å²) in [6.07, 6.45) is 5.07. The highest BCUT2D eigenvalue weighted by molar-refractivity contribution is 5.61. The molecule has 0 bridgehead atoms. The second-order valence-corrected chi connectivity index (χ2v) is 4.97. The highest BCUT2D eigenvalue weighted by atomic mass is 16.5. The van der Waals surface area contributed by atoms with Crippen LogP contribution in [0.15, 0.2) is 42.7 Å². The molecule has 0 radical (unpaired) electrons. The maximum absolute atomic E-state index is 5.03. The van der Waals surface area contributed by atoms with Gasteiger partial charge < -0.3 is 10.1 Å². The van der Waals surface area contributed by atoms with Gasteiger partial charge in [0.25, 0.3) is 0 Å². The van der Waals surface area contributed by atoms with E-state index in [0.29, 0.717) is 6.04 Å². The summed E-state index contributed by atoms with van der Waals surface area (Å²) in [4.78, 5) is 0. The molecule has 0 aliphatic rings. The zero-order valence-corrected chi connectivity index (χ0v) is 12.2. The predicted molar refractivity (Wildman–Crippen MR) is 81.7 cm³/mol. The van der Waals surface area contributed by atoms with Crippen LogP contribution in [0.2, 0.25) is 0 Å². The number of hydrogen-bond acceptors (Lipinski definition) is 3. The highest BCUT2D eigenvalue weighted by Gasteiger charge is 2.07. The molecule has 1 N–H and O–H groups in total. The first-order chi connectivity index (χ1) is 9.81. The minimum Gasteiger partial charge on any atom is -0.385 e. The van der Waals surface area contributed by atoms with Gasteiger partial charge in [-0.05, 0) is 25.5 Å². The van der Waals surface area contributed by atoms with Crippen LogP contribution >= 0.6 is 0 Å². The van der Waals surface area contributed by atoms with E-state index in [4.69, 9.17) is 4.74 Å².